The van der Waals surface area contributed by atoms with Crippen LogP contribution in [0, 0.1) is 6.92 Å². The Bertz CT molecular complexity index is 1220. The highest BCUT2D eigenvalue weighted by molar-refractivity contribution is 6.09. The number of nitrogens with zero attached hydrogens (tertiary/aromatic N) is 3. The molecule has 1 saturated carbocycles. The smallest absolute Gasteiger partial charge is 0.279 e. The lowest BCUT2D eigenvalue weighted by Crippen LogP contribution is -2.47. The van der Waals surface area contributed by atoms with Crippen LogP contribution >= 0.6 is 0 Å². The molecule has 4 rings (SSSR count). The molecular formula is C29H34N4O5. The van der Waals surface area contributed by atoms with Crippen molar-refractivity contribution in [3.8, 4) is 17.2 Å². The Balaban J connectivity index is 1.89. The fourth-order valence-electron chi connectivity index (χ4n) is 4.83. The summed E-state index contributed by atoms with van der Waals surface area (Å²) in [5, 5.41) is 3.21. The molecule has 0 aliphatic heterocycles. The molecule has 2 amide bonds. The lowest BCUT2D eigenvalue weighted by molar-refractivity contribution is -0.123. The van der Waals surface area contributed by atoms with Gasteiger partial charge in [0.05, 0.1) is 27.5 Å². The number of methoxy groups -OCH3 is 3. The van der Waals surface area contributed by atoms with Gasteiger partial charge in [-0.05, 0) is 49.6 Å². The van der Waals surface area contributed by atoms with Gasteiger partial charge in [-0.3, -0.25) is 19.5 Å². The van der Waals surface area contributed by atoms with Gasteiger partial charge in [0, 0.05) is 24.1 Å². The zero-order valence-electron chi connectivity index (χ0n) is 22.3. The number of amides is 2. The summed E-state index contributed by atoms with van der Waals surface area (Å²) in [6, 6.07) is 9.84. The molecule has 0 saturated heterocycles. The van der Waals surface area contributed by atoms with Crippen LogP contribution in [0.25, 0.3) is 0 Å². The molecule has 1 fully saturated rings. The maximum absolute atomic E-state index is 14.1. The zero-order chi connectivity index (χ0) is 27.1. The number of anilines is 1. The summed E-state index contributed by atoms with van der Waals surface area (Å²) < 4.78 is 16.7. The van der Waals surface area contributed by atoms with Crippen LogP contribution in [0.5, 0.6) is 17.2 Å². The molecule has 9 heteroatoms. The molecule has 1 aromatic heterocycles. The minimum Gasteiger partial charge on any atom is -0.493 e. The average Bonchev–Trinajstić information content (AvgIpc) is 2.96. The molecule has 1 aliphatic carbocycles. The first-order valence-corrected chi connectivity index (χ1v) is 12.7. The minimum atomic E-state index is -1.05. The number of aromatic nitrogens is 2. The Kier molecular flexibility index (Phi) is 8.78. The highest BCUT2D eigenvalue weighted by Crippen LogP contribution is 2.42. The number of hydrogen-bond acceptors (Lipinski definition) is 7. The van der Waals surface area contributed by atoms with Gasteiger partial charge in [-0.25, -0.2) is 4.98 Å². The highest BCUT2D eigenvalue weighted by atomic mass is 16.5. The summed E-state index contributed by atoms with van der Waals surface area (Å²) in [6.07, 6.45) is 9.42. The lowest BCUT2D eigenvalue weighted by Gasteiger charge is -2.33. The van der Waals surface area contributed by atoms with Gasteiger partial charge in [0.2, 0.25) is 11.7 Å². The van der Waals surface area contributed by atoms with Gasteiger partial charge in [0.15, 0.2) is 11.5 Å². The quantitative estimate of drug-likeness (QED) is 0.440. The predicted octanol–water partition coefficient (Wildman–Crippen LogP) is 4.65. The van der Waals surface area contributed by atoms with E-state index in [2.05, 4.69) is 15.3 Å². The molecular weight excluding hydrogens is 484 g/mol. The van der Waals surface area contributed by atoms with Crippen LogP contribution < -0.4 is 24.4 Å². The third kappa shape index (κ3) is 5.88. The maximum atomic E-state index is 14.1. The number of hydrogen-bond donors (Lipinski definition) is 1. The SMILES string of the molecule is COc1cc([C@H](C(=O)NC2CCCCC2)N(C(=O)c2cnccn2)c2ccc(C)cc2)cc(OC)c1OC. The fraction of sp³-hybridized carbons (Fsp3) is 0.379. The third-order valence-corrected chi connectivity index (χ3v) is 6.77. The van der Waals surface area contributed by atoms with E-state index in [-0.39, 0.29) is 17.6 Å². The van der Waals surface area contributed by atoms with Crippen molar-refractivity contribution in [1.29, 1.82) is 0 Å². The number of ether oxygens (including phenoxy) is 3. The molecule has 200 valence electrons. The lowest BCUT2D eigenvalue weighted by atomic mass is 9.94. The number of carbonyl (C=O) groups excluding carboxylic acids is 2. The van der Waals surface area contributed by atoms with Crippen molar-refractivity contribution in [1.82, 2.24) is 15.3 Å². The second-order valence-corrected chi connectivity index (χ2v) is 9.31. The van der Waals surface area contributed by atoms with E-state index in [0.717, 1.165) is 37.7 Å². The van der Waals surface area contributed by atoms with Crippen molar-refractivity contribution in [3.63, 3.8) is 0 Å². The summed E-state index contributed by atoms with van der Waals surface area (Å²) in [7, 11) is 4.55. The minimum absolute atomic E-state index is 0.0345. The van der Waals surface area contributed by atoms with Crippen LogP contribution in [0.1, 0.15) is 59.8 Å². The molecule has 0 unspecified atom stereocenters. The molecule has 3 aromatic rings. The molecule has 0 spiro atoms. The van der Waals surface area contributed by atoms with Crippen molar-refractivity contribution in [2.45, 2.75) is 51.1 Å². The number of benzene rings is 2. The topological polar surface area (TPSA) is 103 Å². The molecule has 0 radical (unpaired) electrons. The number of rotatable bonds is 9. The molecule has 1 atom stereocenters. The average molecular weight is 519 g/mol. The summed E-state index contributed by atoms with van der Waals surface area (Å²) in [4.78, 5) is 37.9. The third-order valence-electron chi connectivity index (χ3n) is 6.77. The normalized spacial score (nSPS) is 14.3. The fourth-order valence-corrected chi connectivity index (χ4v) is 4.83. The molecule has 0 bridgehead atoms. The van der Waals surface area contributed by atoms with Crippen molar-refractivity contribution in [2.75, 3.05) is 26.2 Å². The predicted molar refractivity (Wildman–Crippen MR) is 144 cm³/mol. The van der Waals surface area contributed by atoms with E-state index < -0.39 is 11.9 Å². The highest BCUT2D eigenvalue weighted by Gasteiger charge is 2.36. The largest absolute Gasteiger partial charge is 0.493 e. The first kappa shape index (κ1) is 26.9. The summed E-state index contributed by atoms with van der Waals surface area (Å²) in [5.74, 6) is 0.400. The Morgan fingerprint density at radius 1 is 0.947 bits per heavy atom. The zero-order valence-corrected chi connectivity index (χ0v) is 22.3. The monoisotopic (exact) mass is 518 g/mol. The van der Waals surface area contributed by atoms with Crippen LogP contribution in [-0.2, 0) is 4.79 Å². The summed E-state index contributed by atoms with van der Waals surface area (Å²) in [5.41, 5.74) is 2.20. The van der Waals surface area contributed by atoms with Crippen LogP contribution in [0.4, 0.5) is 5.69 Å². The van der Waals surface area contributed by atoms with Gasteiger partial charge in [-0.2, -0.15) is 0 Å². The Labute approximate surface area is 223 Å². The Hall–Kier alpha value is -4.14. The number of nitrogens with one attached hydrogen (secondary N) is 1. The van der Waals surface area contributed by atoms with Gasteiger partial charge in [0.25, 0.3) is 5.91 Å². The van der Waals surface area contributed by atoms with Gasteiger partial charge < -0.3 is 19.5 Å². The van der Waals surface area contributed by atoms with Crippen LogP contribution in [0.2, 0.25) is 0 Å². The molecule has 1 N–H and O–H groups in total. The van der Waals surface area contributed by atoms with E-state index in [4.69, 9.17) is 14.2 Å². The van der Waals surface area contributed by atoms with Crippen LogP contribution in [0.3, 0.4) is 0 Å². The van der Waals surface area contributed by atoms with Crippen molar-refractivity contribution < 1.29 is 23.8 Å². The number of aryl methyl sites for hydroxylation is 1. The van der Waals surface area contributed by atoms with E-state index in [9.17, 15) is 9.59 Å². The van der Waals surface area contributed by atoms with E-state index >= 15 is 0 Å². The summed E-state index contributed by atoms with van der Waals surface area (Å²) in [6.45, 7) is 1.96. The Morgan fingerprint density at radius 2 is 1.61 bits per heavy atom. The van der Waals surface area contributed by atoms with Gasteiger partial charge in [-0.15, -0.1) is 0 Å². The Morgan fingerprint density at radius 3 is 2.16 bits per heavy atom. The van der Waals surface area contributed by atoms with Crippen molar-refractivity contribution in [3.05, 3.63) is 71.8 Å². The van der Waals surface area contributed by atoms with Gasteiger partial charge in [0.1, 0.15) is 11.7 Å². The van der Waals surface area contributed by atoms with E-state index in [1.165, 1.54) is 44.8 Å². The van der Waals surface area contributed by atoms with Crippen LogP contribution in [-0.4, -0.2) is 49.2 Å². The molecule has 1 aliphatic rings. The maximum Gasteiger partial charge on any atom is 0.279 e. The molecule has 9 nitrogen and oxygen atoms in total. The molecule has 38 heavy (non-hydrogen) atoms. The molecule has 2 aromatic carbocycles. The van der Waals surface area contributed by atoms with E-state index in [0.29, 0.717) is 28.5 Å². The van der Waals surface area contributed by atoms with E-state index in [1.54, 1.807) is 12.1 Å². The van der Waals surface area contributed by atoms with Gasteiger partial charge >= 0.3 is 0 Å². The van der Waals surface area contributed by atoms with Crippen molar-refractivity contribution >= 4 is 17.5 Å². The molecule has 1 heterocycles. The van der Waals surface area contributed by atoms with E-state index in [1.807, 2.05) is 31.2 Å². The second kappa shape index (κ2) is 12.4. The van der Waals surface area contributed by atoms with Crippen molar-refractivity contribution in [2.24, 2.45) is 0 Å². The number of carbonyl (C=O) groups is 2. The van der Waals surface area contributed by atoms with Crippen LogP contribution in [0.15, 0.2) is 55.0 Å². The standard InChI is InChI=1S/C29H34N4O5/c1-19-10-12-22(13-11-19)33(29(35)23-18-30-14-15-31-23)26(28(34)32-21-8-6-5-7-9-21)20-16-24(36-2)27(38-4)25(17-20)37-3/h10-18,21,26H,5-9H2,1-4H3,(H,32,34)/t26-/m1/s1. The second-order valence-electron chi connectivity index (χ2n) is 9.31. The first-order chi connectivity index (χ1) is 18.5. The summed E-state index contributed by atoms with van der Waals surface area (Å²) >= 11 is 0. The van der Waals surface area contributed by atoms with Gasteiger partial charge in [-0.1, -0.05) is 37.0 Å². The first-order valence-electron chi connectivity index (χ1n) is 12.7.